The fourth-order valence-corrected chi connectivity index (χ4v) is 4.02. The second-order valence-corrected chi connectivity index (χ2v) is 7.84. The average molecular weight is 392 g/mol. The Kier molecular flexibility index (Phi) is 7.29. The van der Waals surface area contributed by atoms with Gasteiger partial charge in [0, 0.05) is 1.43 Å². The van der Waals surface area contributed by atoms with Crippen molar-refractivity contribution in [3.63, 3.8) is 0 Å². The molecule has 3 aliphatic carbocycles. The first-order valence-corrected chi connectivity index (χ1v) is 10.4. The van der Waals surface area contributed by atoms with Crippen LogP contribution in [0, 0.1) is 11.3 Å². The Morgan fingerprint density at radius 2 is 2.24 bits per heavy atom. The largest absolute Gasteiger partial charge is 0.504 e. The molecule has 1 N–H and O–H groups in total. The summed E-state index contributed by atoms with van der Waals surface area (Å²) in [5.41, 5.74) is 2.20. The van der Waals surface area contributed by atoms with Crippen molar-refractivity contribution in [3.05, 3.63) is 96.4 Å². The molecular weight excluding hydrogens is 358 g/mol. The van der Waals surface area contributed by atoms with Gasteiger partial charge in [-0.15, -0.1) is 0 Å². The highest BCUT2D eigenvalue weighted by Crippen LogP contribution is 2.59. The van der Waals surface area contributed by atoms with Gasteiger partial charge in [0.2, 0.25) is 5.91 Å². The van der Waals surface area contributed by atoms with Crippen molar-refractivity contribution in [1.29, 1.82) is 0 Å². The molecule has 0 aromatic rings. The molecule has 29 heavy (non-hydrogen) atoms. The van der Waals surface area contributed by atoms with Gasteiger partial charge in [-0.3, -0.25) is 4.79 Å². The monoisotopic (exact) mass is 391 g/mol. The molecule has 3 rings (SSSR count). The zero-order chi connectivity index (χ0) is 20.5. The van der Waals surface area contributed by atoms with Gasteiger partial charge in [-0.05, 0) is 48.7 Å². The minimum Gasteiger partial charge on any atom is -0.504 e. The molecule has 3 unspecified atom stereocenters. The Bertz CT molecular complexity index is 841. The lowest BCUT2D eigenvalue weighted by molar-refractivity contribution is -0.120. The van der Waals surface area contributed by atoms with Gasteiger partial charge >= 0.3 is 0 Å². The van der Waals surface area contributed by atoms with Crippen LogP contribution < -0.4 is 5.32 Å². The second kappa shape index (κ2) is 10.1. The highest BCUT2D eigenvalue weighted by atomic mass is 16.5. The van der Waals surface area contributed by atoms with Gasteiger partial charge in [0.25, 0.3) is 0 Å². The van der Waals surface area contributed by atoms with E-state index >= 15 is 0 Å². The Morgan fingerprint density at radius 1 is 1.34 bits per heavy atom. The van der Waals surface area contributed by atoms with Crippen molar-refractivity contribution in [2.75, 3.05) is 7.11 Å². The second-order valence-electron chi connectivity index (χ2n) is 7.84. The van der Waals surface area contributed by atoms with Crippen molar-refractivity contribution in [2.45, 2.75) is 38.6 Å². The molecule has 1 saturated carbocycles. The van der Waals surface area contributed by atoms with Crippen LogP contribution in [0.5, 0.6) is 0 Å². The van der Waals surface area contributed by atoms with E-state index in [-0.39, 0.29) is 25.2 Å². The van der Waals surface area contributed by atoms with Crippen LogP contribution in [0.3, 0.4) is 0 Å². The van der Waals surface area contributed by atoms with Crippen molar-refractivity contribution in [1.82, 2.24) is 5.32 Å². The molecular formula is C26H33NO2. The minimum atomic E-state index is -0.00837. The number of carbonyl (C=O) groups is 1. The molecule has 0 bridgehead atoms. The summed E-state index contributed by atoms with van der Waals surface area (Å²) in [6, 6.07) is -0.00837. The first-order valence-electron chi connectivity index (χ1n) is 10.4. The summed E-state index contributed by atoms with van der Waals surface area (Å²) in [4.78, 5) is 12.9. The number of hydrogen-bond donors (Lipinski definition) is 1. The Balaban J connectivity index is 0.00000320. The lowest BCUT2D eigenvalue weighted by Gasteiger charge is -2.25. The predicted octanol–water partition coefficient (Wildman–Crippen LogP) is 5.73. The zero-order valence-electron chi connectivity index (χ0n) is 17.4. The van der Waals surface area contributed by atoms with E-state index in [1.54, 1.807) is 13.4 Å². The molecule has 1 amide bonds. The summed E-state index contributed by atoms with van der Waals surface area (Å²) >= 11 is 0. The quantitative estimate of drug-likeness (QED) is 0.402. The molecule has 3 aliphatic rings. The molecule has 0 aliphatic heterocycles. The van der Waals surface area contributed by atoms with Crippen LogP contribution in [0.1, 0.15) is 34.0 Å². The molecule has 1 fully saturated rings. The summed E-state index contributed by atoms with van der Waals surface area (Å²) in [5, 5.41) is 3.29. The number of amides is 1. The van der Waals surface area contributed by atoms with Gasteiger partial charge in [0.1, 0.15) is 0 Å². The Hall–Kier alpha value is -2.81. The molecule has 0 heterocycles. The third kappa shape index (κ3) is 5.83. The predicted molar refractivity (Wildman–Crippen MR) is 122 cm³/mol. The zero-order valence-corrected chi connectivity index (χ0v) is 17.4. The Labute approximate surface area is 176 Å². The standard InChI is InChI=1S/C26H31NO2.H2/c1-3-4-7-12-21(20-29-2)17-25(28)27-24(22-13-8-5-6-9-14-22)19-26-16-11-10-15-23(26)18-26;/h3-5,7-16,20,23-24H,6,17-19H2,1-2H3,(H,27,28);1H/b4-3-,12-7-,21-20-;. The summed E-state index contributed by atoms with van der Waals surface area (Å²) < 4.78 is 5.15. The number of rotatable bonds is 9. The van der Waals surface area contributed by atoms with Gasteiger partial charge in [0.05, 0.1) is 25.8 Å². The fourth-order valence-electron chi connectivity index (χ4n) is 4.02. The number of hydrogen-bond acceptors (Lipinski definition) is 2. The first-order chi connectivity index (χ1) is 14.2. The van der Waals surface area contributed by atoms with Crippen LogP contribution in [-0.2, 0) is 9.53 Å². The average Bonchev–Trinajstić information content (AvgIpc) is 3.47. The maximum Gasteiger partial charge on any atom is 0.225 e. The van der Waals surface area contributed by atoms with E-state index in [1.807, 2.05) is 31.2 Å². The van der Waals surface area contributed by atoms with Crippen LogP contribution in [0.15, 0.2) is 96.4 Å². The molecule has 3 heteroatoms. The van der Waals surface area contributed by atoms with E-state index in [0.717, 1.165) is 24.0 Å². The van der Waals surface area contributed by atoms with Gasteiger partial charge in [-0.25, -0.2) is 0 Å². The van der Waals surface area contributed by atoms with E-state index in [2.05, 4.69) is 60.0 Å². The van der Waals surface area contributed by atoms with Gasteiger partial charge < -0.3 is 10.1 Å². The van der Waals surface area contributed by atoms with Crippen LogP contribution >= 0.6 is 0 Å². The van der Waals surface area contributed by atoms with Crippen LogP contribution in [0.25, 0.3) is 0 Å². The fraction of sp³-hybridized carbons (Fsp3) is 0.346. The lowest BCUT2D eigenvalue weighted by Crippen LogP contribution is -2.38. The molecule has 0 radical (unpaired) electrons. The van der Waals surface area contributed by atoms with Crippen molar-refractivity contribution in [3.8, 4) is 0 Å². The van der Waals surface area contributed by atoms with Crippen LogP contribution in [0.4, 0.5) is 0 Å². The summed E-state index contributed by atoms with van der Waals surface area (Å²) in [7, 11) is 1.60. The van der Waals surface area contributed by atoms with E-state index in [0.29, 0.717) is 5.92 Å². The summed E-state index contributed by atoms with van der Waals surface area (Å²) in [6.45, 7) is 1.96. The van der Waals surface area contributed by atoms with Crippen LogP contribution in [0.2, 0.25) is 0 Å². The summed E-state index contributed by atoms with van der Waals surface area (Å²) in [5.74, 6) is 0.611. The topological polar surface area (TPSA) is 38.3 Å². The van der Waals surface area contributed by atoms with E-state index in [1.165, 1.54) is 6.42 Å². The molecule has 0 aromatic heterocycles. The number of nitrogens with one attached hydrogen (secondary N) is 1. The SMILES string of the molecule is C\C=C/C=C\C(=C\OC)CC(=O)NC(CC12C=CC=CC1C2)C1=CC=CCC=C1.[HH]. The van der Waals surface area contributed by atoms with Crippen molar-refractivity contribution >= 4 is 5.91 Å². The normalized spacial score (nSPS) is 26.3. The number of methoxy groups -OCH3 is 1. The molecule has 0 aromatic carbocycles. The molecule has 0 spiro atoms. The highest BCUT2D eigenvalue weighted by molar-refractivity contribution is 5.80. The van der Waals surface area contributed by atoms with Gasteiger partial charge in [0.15, 0.2) is 0 Å². The number of carbonyl (C=O) groups excluding carboxylic acids is 1. The number of ether oxygens (including phenoxy) is 1. The molecule has 154 valence electrons. The molecule has 3 atom stereocenters. The van der Waals surface area contributed by atoms with E-state index in [4.69, 9.17) is 4.74 Å². The third-order valence-corrected chi connectivity index (χ3v) is 5.64. The molecule has 3 nitrogen and oxygen atoms in total. The van der Waals surface area contributed by atoms with Crippen LogP contribution in [-0.4, -0.2) is 19.1 Å². The molecule has 0 saturated heterocycles. The van der Waals surface area contributed by atoms with Crippen molar-refractivity contribution < 1.29 is 11.0 Å². The van der Waals surface area contributed by atoms with E-state index in [9.17, 15) is 4.79 Å². The maximum atomic E-state index is 12.9. The number of fused-ring (bicyclic) bond motifs is 1. The number of allylic oxidation sites excluding steroid dienone is 12. The Morgan fingerprint density at radius 3 is 3.03 bits per heavy atom. The third-order valence-electron chi connectivity index (χ3n) is 5.64. The van der Waals surface area contributed by atoms with E-state index < -0.39 is 0 Å². The smallest absolute Gasteiger partial charge is 0.225 e. The first kappa shape index (κ1) is 20.9. The van der Waals surface area contributed by atoms with Gasteiger partial charge in [-0.2, -0.15) is 0 Å². The highest BCUT2D eigenvalue weighted by Gasteiger charge is 2.52. The summed E-state index contributed by atoms with van der Waals surface area (Å²) in [6.07, 6.45) is 32.2. The van der Waals surface area contributed by atoms with Gasteiger partial charge in [-0.1, -0.05) is 79.0 Å². The lowest BCUT2D eigenvalue weighted by atomic mass is 9.87. The van der Waals surface area contributed by atoms with Crippen molar-refractivity contribution in [2.24, 2.45) is 11.3 Å². The maximum absolute atomic E-state index is 12.9. The minimum absolute atomic E-state index is 0.